The van der Waals surface area contributed by atoms with Gasteiger partial charge in [-0.1, -0.05) is 17.7 Å². The molecule has 0 saturated carbocycles. The number of benzene rings is 1. The molecule has 0 aromatic heterocycles. The van der Waals surface area contributed by atoms with E-state index < -0.39 is 5.82 Å². The molecular formula is C12H16ClFN2O. The van der Waals surface area contributed by atoms with Crippen LogP contribution in [0, 0.1) is 5.82 Å². The van der Waals surface area contributed by atoms with Crippen molar-refractivity contribution in [1.29, 1.82) is 0 Å². The standard InChI is InChI=1S/C12H16ClFN2O/c1-15-6-7-16(2)12(17)8-9-10(13)4-3-5-11(9)14/h3-5,15H,6-8H2,1-2H3. The number of hydrogen-bond acceptors (Lipinski definition) is 2. The smallest absolute Gasteiger partial charge is 0.226 e. The van der Waals surface area contributed by atoms with Crippen LogP contribution >= 0.6 is 11.6 Å². The first-order valence-corrected chi connectivity index (χ1v) is 5.75. The Labute approximate surface area is 106 Å². The maximum absolute atomic E-state index is 13.5. The summed E-state index contributed by atoms with van der Waals surface area (Å²) in [5, 5.41) is 3.24. The van der Waals surface area contributed by atoms with Crippen LogP contribution in [0.25, 0.3) is 0 Å². The summed E-state index contributed by atoms with van der Waals surface area (Å²) in [7, 11) is 3.50. The van der Waals surface area contributed by atoms with Gasteiger partial charge in [-0.3, -0.25) is 4.79 Å². The molecule has 0 fully saturated rings. The molecule has 1 amide bonds. The average molecular weight is 259 g/mol. The highest BCUT2D eigenvalue weighted by molar-refractivity contribution is 6.31. The van der Waals surface area contributed by atoms with Crippen LogP contribution in [0.2, 0.25) is 5.02 Å². The fourth-order valence-electron chi connectivity index (χ4n) is 1.39. The van der Waals surface area contributed by atoms with Crippen molar-refractivity contribution in [2.24, 2.45) is 0 Å². The Morgan fingerprint density at radius 2 is 2.24 bits per heavy atom. The van der Waals surface area contributed by atoms with Gasteiger partial charge in [0.2, 0.25) is 5.91 Å². The molecule has 0 bridgehead atoms. The van der Waals surface area contributed by atoms with E-state index >= 15 is 0 Å². The number of likely N-dealkylation sites (N-methyl/N-ethyl adjacent to an activating group) is 2. The van der Waals surface area contributed by atoms with Crippen molar-refractivity contribution in [3.63, 3.8) is 0 Å². The Balaban J connectivity index is 2.68. The molecule has 0 saturated heterocycles. The van der Waals surface area contributed by atoms with Gasteiger partial charge in [-0.25, -0.2) is 4.39 Å². The van der Waals surface area contributed by atoms with Gasteiger partial charge in [0.05, 0.1) is 6.42 Å². The second-order valence-electron chi connectivity index (χ2n) is 3.80. The monoisotopic (exact) mass is 258 g/mol. The number of carbonyl (C=O) groups is 1. The van der Waals surface area contributed by atoms with Crippen LogP contribution in [0.5, 0.6) is 0 Å². The average Bonchev–Trinajstić information content (AvgIpc) is 2.30. The Morgan fingerprint density at radius 3 is 2.82 bits per heavy atom. The van der Waals surface area contributed by atoms with Crippen molar-refractivity contribution >= 4 is 17.5 Å². The number of halogens is 2. The molecule has 0 aliphatic rings. The molecule has 0 spiro atoms. The SMILES string of the molecule is CNCCN(C)C(=O)Cc1c(F)cccc1Cl. The van der Waals surface area contributed by atoms with E-state index in [1.807, 2.05) is 7.05 Å². The molecule has 5 heteroatoms. The summed E-state index contributed by atoms with van der Waals surface area (Å²) in [4.78, 5) is 13.4. The summed E-state index contributed by atoms with van der Waals surface area (Å²) < 4.78 is 13.5. The molecule has 1 aromatic rings. The normalized spacial score (nSPS) is 10.4. The van der Waals surface area contributed by atoms with Gasteiger partial charge in [-0.2, -0.15) is 0 Å². The van der Waals surface area contributed by atoms with E-state index in [-0.39, 0.29) is 17.9 Å². The molecular weight excluding hydrogens is 243 g/mol. The largest absolute Gasteiger partial charge is 0.344 e. The summed E-state index contributed by atoms with van der Waals surface area (Å²) in [6.45, 7) is 1.29. The minimum atomic E-state index is -0.437. The lowest BCUT2D eigenvalue weighted by Gasteiger charge is -2.17. The van der Waals surface area contributed by atoms with Crippen molar-refractivity contribution < 1.29 is 9.18 Å². The van der Waals surface area contributed by atoms with Crippen molar-refractivity contribution in [3.8, 4) is 0 Å². The van der Waals surface area contributed by atoms with E-state index in [1.54, 1.807) is 18.0 Å². The molecule has 0 aliphatic heterocycles. The van der Waals surface area contributed by atoms with Crippen molar-refractivity contribution in [1.82, 2.24) is 10.2 Å². The Hall–Kier alpha value is -1.13. The van der Waals surface area contributed by atoms with Crippen LogP contribution in [0.1, 0.15) is 5.56 Å². The first-order valence-electron chi connectivity index (χ1n) is 5.37. The van der Waals surface area contributed by atoms with Crippen molar-refractivity contribution in [3.05, 3.63) is 34.6 Å². The molecule has 1 aromatic carbocycles. The van der Waals surface area contributed by atoms with Gasteiger partial charge in [0.25, 0.3) is 0 Å². The number of amides is 1. The molecule has 0 heterocycles. The lowest BCUT2D eigenvalue weighted by Crippen LogP contribution is -2.34. The lowest BCUT2D eigenvalue weighted by molar-refractivity contribution is -0.129. The minimum absolute atomic E-state index is 0.00821. The fraction of sp³-hybridized carbons (Fsp3) is 0.417. The molecule has 1 rings (SSSR count). The van der Waals surface area contributed by atoms with Gasteiger partial charge in [0.1, 0.15) is 5.82 Å². The third kappa shape index (κ3) is 3.98. The molecule has 0 aliphatic carbocycles. The van der Waals surface area contributed by atoms with Gasteiger partial charge in [-0.15, -0.1) is 0 Å². The van der Waals surface area contributed by atoms with E-state index in [1.165, 1.54) is 12.1 Å². The highest BCUT2D eigenvalue weighted by Crippen LogP contribution is 2.19. The van der Waals surface area contributed by atoms with E-state index in [0.29, 0.717) is 18.1 Å². The molecule has 0 unspecified atom stereocenters. The van der Waals surface area contributed by atoms with Gasteiger partial charge in [-0.05, 0) is 19.2 Å². The molecule has 0 atom stereocenters. The first kappa shape index (κ1) is 13.9. The number of hydrogen-bond donors (Lipinski definition) is 1. The zero-order valence-corrected chi connectivity index (χ0v) is 10.7. The van der Waals surface area contributed by atoms with Crippen LogP contribution in [0.3, 0.4) is 0 Å². The van der Waals surface area contributed by atoms with Crippen molar-refractivity contribution in [2.75, 3.05) is 27.2 Å². The highest BCUT2D eigenvalue weighted by atomic mass is 35.5. The van der Waals surface area contributed by atoms with Crippen LogP contribution in [0.15, 0.2) is 18.2 Å². The molecule has 0 radical (unpaired) electrons. The third-order valence-electron chi connectivity index (χ3n) is 2.51. The van der Waals surface area contributed by atoms with E-state index in [0.717, 1.165) is 0 Å². The summed E-state index contributed by atoms with van der Waals surface area (Å²) in [5.41, 5.74) is 0.260. The quantitative estimate of drug-likeness (QED) is 0.872. The second kappa shape index (κ2) is 6.57. The van der Waals surface area contributed by atoms with Crippen molar-refractivity contribution in [2.45, 2.75) is 6.42 Å². The van der Waals surface area contributed by atoms with Crippen LogP contribution in [-0.2, 0) is 11.2 Å². The maximum atomic E-state index is 13.5. The molecule has 3 nitrogen and oxygen atoms in total. The van der Waals surface area contributed by atoms with Gasteiger partial charge >= 0.3 is 0 Å². The molecule has 1 N–H and O–H groups in total. The summed E-state index contributed by atoms with van der Waals surface area (Å²) in [6.07, 6.45) is -0.00821. The number of rotatable bonds is 5. The second-order valence-corrected chi connectivity index (χ2v) is 4.20. The highest BCUT2D eigenvalue weighted by Gasteiger charge is 2.14. The molecule has 94 valence electrons. The summed E-state index contributed by atoms with van der Waals surface area (Å²) in [6, 6.07) is 4.42. The summed E-state index contributed by atoms with van der Waals surface area (Å²) in [5.74, 6) is -0.583. The van der Waals surface area contributed by atoms with Gasteiger partial charge < -0.3 is 10.2 Å². The predicted octanol–water partition coefficient (Wildman–Crippen LogP) is 1.70. The third-order valence-corrected chi connectivity index (χ3v) is 2.87. The minimum Gasteiger partial charge on any atom is -0.344 e. The fourth-order valence-corrected chi connectivity index (χ4v) is 1.62. The zero-order chi connectivity index (χ0) is 12.8. The van der Waals surface area contributed by atoms with E-state index in [9.17, 15) is 9.18 Å². The topological polar surface area (TPSA) is 32.3 Å². The van der Waals surface area contributed by atoms with Crippen LogP contribution in [0.4, 0.5) is 4.39 Å². The van der Waals surface area contributed by atoms with Crippen LogP contribution < -0.4 is 5.32 Å². The number of nitrogens with zero attached hydrogens (tertiary/aromatic N) is 1. The Morgan fingerprint density at radius 1 is 1.53 bits per heavy atom. The Bertz CT molecular complexity index is 378. The lowest BCUT2D eigenvalue weighted by atomic mass is 10.1. The van der Waals surface area contributed by atoms with E-state index in [2.05, 4.69) is 5.32 Å². The number of nitrogens with one attached hydrogen (secondary N) is 1. The first-order chi connectivity index (χ1) is 8.06. The zero-order valence-electron chi connectivity index (χ0n) is 9.96. The van der Waals surface area contributed by atoms with Gasteiger partial charge in [0, 0.05) is 30.7 Å². The molecule has 17 heavy (non-hydrogen) atoms. The number of carbonyl (C=O) groups excluding carboxylic acids is 1. The van der Waals surface area contributed by atoms with E-state index in [4.69, 9.17) is 11.6 Å². The Kier molecular flexibility index (Phi) is 5.38. The van der Waals surface area contributed by atoms with Gasteiger partial charge in [0.15, 0.2) is 0 Å². The summed E-state index contributed by atoms with van der Waals surface area (Å²) >= 11 is 5.86. The van der Waals surface area contributed by atoms with Crippen LogP contribution in [-0.4, -0.2) is 38.0 Å². The maximum Gasteiger partial charge on any atom is 0.226 e. The predicted molar refractivity (Wildman–Crippen MR) is 66.7 cm³/mol.